The molecule has 0 aliphatic rings. The van der Waals surface area contributed by atoms with Gasteiger partial charge in [-0.05, 0) is 12.2 Å². The van der Waals surface area contributed by atoms with Gasteiger partial charge < -0.3 is 5.32 Å². The summed E-state index contributed by atoms with van der Waals surface area (Å²) in [5.41, 5.74) is -0.0793. The highest BCUT2D eigenvalue weighted by molar-refractivity contribution is 7.80. The molecule has 1 N–H and O–H groups in total. The molecule has 10 heavy (non-hydrogen) atoms. The van der Waals surface area contributed by atoms with Crippen LogP contribution in [0.2, 0.25) is 0 Å². The molecule has 1 aromatic heterocycles. The van der Waals surface area contributed by atoms with Crippen LogP contribution >= 0.6 is 23.8 Å². The van der Waals surface area contributed by atoms with E-state index in [2.05, 4.69) is 5.32 Å². The number of nitrogens with zero attached hydrogens (tertiary/aromatic N) is 1. The largest absolute Gasteiger partial charge is 0.364 e. The van der Waals surface area contributed by atoms with Crippen molar-refractivity contribution in [1.29, 1.82) is 0 Å². The predicted molar refractivity (Wildman–Crippen MR) is 45.6 cm³/mol. The Morgan fingerprint density at radius 1 is 1.90 bits per heavy atom. The molecule has 0 saturated carbocycles. The van der Waals surface area contributed by atoms with Crippen LogP contribution in [0.1, 0.15) is 0 Å². The Hall–Kier alpha value is -0.680. The van der Waals surface area contributed by atoms with Crippen LogP contribution in [-0.4, -0.2) is 16.1 Å². The van der Waals surface area contributed by atoms with Crippen molar-refractivity contribution in [2.75, 3.05) is 7.05 Å². The SMILES string of the molecule is CNC(=S)n1sccc1=O. The minimum absolute atomic E-state index is 0.0793. The van der Waals surface area contributed by atoms with E-state index >= 15 is 0 Å². The molecule has 0 aliphatic heterocycles. The Balaban J connectivity index is 3.05. The van der Waals surface area contributed by atoms with E-state index in [0.29, 0.717) is 5.11 Å². The average Bonchev–Trinajstić information content (AvgIpc) is 2.34. The molecule has 0 atom stereocenters. The first-order valence-electron chi connectivity index (χ1n) is 2.65. The number of nitrogens with one attached hydrogen (secondary N) is 1. The van der Waals surface area contributed by atoms with Crippen molar-refractivity contribution >= 4 is 28.9 Å². The van der Waals surface area contributed by atoms with E-state index in [1.807, 2.05) is 0 Å². The summed E-state index contributed by atoms with van der Waals surface area (Å²) in [6.07, 6.45) is 0. The molecule has 0 unspecified atom stereocenters. The van der Waals surface area contributed by atoms with E-state index in [9.17, 15) is 4.79 Å². The maximum Gasteiger partial charge on any atom is 0.267 e. The van der Waals surface area contributed by atoms with Gasteiger partial charge in [-0.1, -0.05) is 11.5 Å². The van der Waals surface area contributed by atoms with Crippen molar-refractivity contribution in [3.8, 4) is 0 Å². The molecule has 1 aromatic rings. The molecule has 0 aromatic carbocycles. The summed E-state index contributed by atoms with van der Waals surface area (Å²) in [5, 5.41) is 4.86. The molecule has 0 saturated heterocycles. The number of thiocarbonyl (C=S) groups is 1. The van der Waals surface area contributed by atoms with E-state index in [-0.39, 0.29) is 5.56 Å². The Bertz CT molecular complexity index is 288. The highest BCUT2D eigenvalue weighted by atomic mass is 32.1. The van der Waals surface area contributed by atoms with E-state index in [0.717, 1.165) is 0 Å². The number of rotatable bonds is 0. The van der Waals surface area contributed by atoms with Crippen LogP contribution in [0.5, 0.6) is 0 Å². The maximum absolute atomic E-state index is 10.9. The van der Waals surface area contributed by atoms with E-state index in [1.54, 1.807) is 12.4 Å². The predicted octanol–water partition coefficient (Wildman–Crippen LogP) is 0.262. The van der Waals surface area contributed by atoms with Crippen molar-refractivity contribution in [2.45, 2.75) is 0 Å². The lowest BCUT2D eigenvalue weighted by Gasteiger charge is -1.98. The fraction of sp³-hybridized carbons (Fsp3) is 0.200. The summed E-state index contributed by atoms with van der Waals surface area (Å²) in [5.74, 6) is 0. The van der Waals surface area contributed by atoms with Crippen LogP contribution in [0.15, 0.2) is 16.2 Å². The Morgan fingerprint density at radius 3 is 3.00 bits per heavy atom. The molecular weight excluding hydrogens is 168 g/mol. The number of hydrogen-bond acceptors (Lipinski definition) is 3. The highest BCUT2D eigenvalue weighted by Gasteiger charge is 1.98. The molecule has 0 fully saturated rings. The Kier molecular flexibility index (Phi) is 2.18. The molecule has 0 spiro atoms. The second-order valence-corrected chi connectivity index (χ2v) is 2.83. The van der Waals surface area contributed by atoms with Gasteiger partial charge in [0.25, 0.3) is 5.56 Å². The van der Waals surface area contributed by atoms with Crippen LogP contribution in [0.3, 0.4) is 0 Å². The molecule has 3 nitrogen and oxygen atoms in total. The first kappa shape index (κ1) is 7.43. The zero-order valence-electron chi connectivity index (χ0n) is 5.33. The molecule has 54 valence electrons. The van der Waals surface area contributed by atoms with E-state index < -0.39 is 0 Å². The van der Waals surface area contributed by atoms with E-state index in [1.165, 1.54) is 21.6 Å². The van der Waals surface area contributed by atoms with Gasteiger partial charge in [0.15, 0.2) is 5.11 Å². The third kappa shape index (κ3) is 1.25. The summed E-state index contributed by atoms with van der Waals surface area (Å²) in [6, 6.07) is 1.48. The molecule has 5 heteroatoms. The van der Waals surface area contributed by atoms with Crippen LogP contribution in [0, 0.1) is 0 Å². The molecule has 0 radical (unpaired) electrons. The van der Waals surface area contributed by atoms with Crippen molar-refractivity contribution in [1.82, 2.24) is 9.27 Å². The van der Waals surface area contributed by atoms with Gasteiger partial charge in [0.2, 0.25) is 0 Å². The molecule has 0 bridgehead atoms. The normalized spacial score (nSPS) is 9.30. The Morgan fingerprint density at radius 2 is 2.60 bits per heavy atom. The third-order valence-corrected chi connectivity index (χ3v) is 2.31. The first-order valence-corrected chi connectivity index (χ1v) is 3.89. The molecule has 1 heterocycles. The van der Waals surface area contributed by atoms with Gasteiger partial charge in [0.05, 0.1) is 0 Å². The van der Waals surface area contributed by atoms with Gasteiger partial charge >= 0.3 is 0 Å². The lowest BCUT2D eigenvalue weighted by atomic mass is 10.7. The van der Waals surface area contributed by atoms with Gasteiger partial charge in [-0.15, -0.1) is 0 Å². The van der Waals surface area contributed by atoms with Gasteiger partial charge in [0.1, 0.15) is 0 Å². The minimum Gasteiger partial charge on any atom is -0.364 e. The monoisotopic (exact) mass is 174 g/mol. The van der Waals surface area contributed by atoms with Crippen LogP contribution < -0.4 is 10.9 Å². The van der Waals surface area contributed by atoms with Crippen molar-refractivity contribution in [3.05, 3.63) is 21.8 Å². The van der Waals surface area contributed by atoms with Gasteiger partial charge in [-0.2, -0.15) is 0 Å². The van der Waals surface area contributed by atoms with Crippen LogP contribution in [0.25, 0.3) is 0 Å². The van der Waals surface area contributed by atoms with Gasteiger partial charge in [-0.3, -0.25) is 4.79 Å². The average molecular weight is 174 g/mol. The van der Waals surface area contributed by atoms with Crippen LogP contribution in [0.4, 0.5) is 0 Å². The molecule has 0 aliphatic carbocycles. The Labute approximate surface area is 67.4 Å². The summed E-state index contributed by atoms with van der Waals surface area (Å²) < 4.78 is 1.41. The number of aromatic nitrogens is 1. The second kappa shape index (κ2) is 2.94. The van der Waals surface area contributed by atoms with E-state index in [4.69, 9.17) is 12.2 Å². The standard InChI is InChI=1S/C5H6N2OS2/c1-6-5(9)7-4(8)2-3-10-7/h2-3H,1H3,(H,6,9). The van der Waals surface area contributed by atoms with Crippen LogP contribution in [-0.2, 0) is 0 Å². The van der Waals surface area contributed by atoms with Gasteiger partial charge in [-0.25, -0.2) is 3.96 Å². The molecular formula is C5H6N2OS2. The second-order valence-electron chi connectivity index (χ2n) is 1.60. The highest BCUT2D eigenvalue weighted by Crippen LogP contribution is 1.90. The summed E-state index contributed by atoms with van der Waals surface area (Å²) >= 11 is 6.11. The summed E-state index contributed by atoms with van der Waals surface area (Å²) in [6.45, 7) is 0. The molecule has 0 amide bonds. The minimum atomic E-state index is -0.0793. The third-order valence-electron chi connectivity index (χ3n) is 0.975. The quantitative estimate of drug-likeness (QED) is 0.573. The topological polar surface area (TPSA) is 34.0 Å². The maximum atomic E-state index is 10.9. The molecule has 1 rings (SSSR count). The first-order chi connectivity index (χ1) is 4.75. The fourth-order valence-corrected chi connectivity index (χ4v) is 1.39. The van der Waals surface area contributed by atoms with Crippen molar-refractivity contribution in [2.24, 2.45) is 0 Å². The van der Waals surface area contributed by atoms with Gasteiger partial charge in [0, 0.05) is 18.5 Å². The summed E-state index contributed by atoms with van der Waals surface area (Å²) in [4.78, 5) is 10.9. The summed E-state index contributed by atoms with van der Waals surface area (Å²) in [7, 11) is 1.69. The van der Waals surface area contributed by atoms with Crippen molar-refractivity contribution in [3.63, 3.8) is 0 Å². The zero-order chi connectivity index (χ0) is 7.56. The number of hydrogen-bond donors (Lipinski definition) is 1. The van der Waals surface area contributed by atoms with Crippen molar-refractivity contribution < 1.29 is 0 Å². The fourth-order valence-electron chi connectivity index (χ4n) is 0.519. The lowest BCUT2D eigenvalue weighted by molar-refractivity contribution is 1.09. The smallest absolute Gasteiger partial charge is 0.267 e. The zero-order valence-corrected chi connectivity index (χ0v) is 6.96. The lowest BCUT2D eigenvalue weighted by Crippen LogP contribution is -2.29.